The molecule has 0 atom stereocenters. The molecule has 5 nitrogen and oxygen atoms in total. The third-order valence-electron chi connectivity index (χ3n) is 4.61. The van der Waals surface area contributed by atoms with Crippen LogP contribution in [0.5, 0.6) is 0 Å². The van der Waals surface area contributed by atoms with Crippen LogP contribution in [0.15, 0.2) is 4.99 Å². The summed E-state index contributed by atoms with van der Waals surface area (Å²) in [6, 6.07) is 0. The molecule has 0 aromatic rings. The molecule has 2 N–H and O–H groups in total. The van der Waals surface area contributed by atoms with Crippen LogP contribution in [0.2, 0.25) is 0 Å². The number of rotatable bonds is 5. The van der Waals surface area contributed by atoms with E-state index in [9.17, 15) is 5.11 Å². The van der Waals surface area contributed by atoms with Crippen LogP contribution in [-0.4, -0.2) is 61.0 Å². The summed E-state index contributed by atoms with van der Waals surface area (Å²) in [5, 5.41) is 13.0. The Balaban J connectivity index is 0.00000264. The van der Waals surface area contributed by atoms with E-state index < -0.39 is 0 Å². The van der Waals surface area contributed by atoms with Crippen molar-refractivity contribution in [2.24, 2.45) is 4.99 Å². The lowest BCUT2D eigenvalue weighted by molar-refractivity contribution is 0.0485. The quantitative estimate of drug-likeness (QED) is 0.228. The van der Waals surface area contributed by atoms with Crippen molar-refractivity contribution in [3.8, 4) is 0 Å². The highest BCUT2D eigenvalue weighted by molar-refractivity contribution is 14.0. The fourth-order valence-electron chi connectivity index (χ4n) is 3.28. The van der Waals surface area contributed by atoms with Crippen LogP contribution in [-0.2, 0) is 4.74 Å². The largest absolute Gasteiger partial charge is 0.393 e. The Kier molecular flexibility index (Phi) is 11.2. The highest BCUT2D eigenvalue weighted by Crippen LogP contribution is 2.19. The van der Waals surface area contributed by atoms with Crippen LogP contribution in [0, 0.1) is 0 Å². The van der Waals surface area contributed by atoms with Crippen molar-refractivity contribution in [2.45, 2.75) is 70.5 Å². The summed E-state index contributed by atoms with van der Waals surface area (Å²) in [6.07, 6.45) is 9.77. The molecule has 0 radical (unpaired) electrons. The molecule has 1 heterocycles. The van der Waals surface area contributed by atoms with Crippen molar-refractivity contribution in [3.63, 3.8) is 0 Å². The van der Waals surface area contributed by atoms with E-state index in [4.69, 9.17) is 9.73 Å². The first-order chi connectivity index (χ1) is 10.8. The smallest absolute Gasteiger partial charge is 0.193 e. The second kappa shape index (κ2) is 12.3. The minimum atomic E-state index is -0.141. The Labute approximate surface area is 158 Å². The summed E-state index contributed by atoms with van der Waals surface area (Å²) < 4.78 is 6.00. The van der Waals surface area contributed by atoms with Gasteiger partial charge in [-0.1, -0.05) is 25.7 Å². The fourth-order valence-corrected chi connectivity index (χ4v) is 3.28. The molecule has 0 spiro atoms. The standard InChI is InChI=1S/C17H33N3O2.HI/c1-2-18-17(20-12-9-15(21)10-13-20)19-11-14-22-16-7-5-3-4-6-8-16;/h15-16,21H,2-14H2,1H3,(H,18,19);1H. The van der Waals surface area contributed by atoms with Gasteiger partial charge in [-0.05, 0) is 32.6 Å². The monoisotopic (exact) mass is 439 g/mol. The molecule has 0 amide bonds. The van der Waals surface area contributed by atoms with Gasteiger partial charge in [0.05, 0.1) is 25.4 Å². The molecule has 1 saturated heterocycles. The minimum absolute atomic E-state index is 0. The van der Waals surface area contributed by atoms with Crippen molar-refractivity contribution >= 4 is 29.9 Å². The lowest BCUT2D eigenvalue weighted by atomic mass is 10.1. The zero-order valence-corrected chi connectivity index (χ0v) is 16.8. The molecule has 136 valence electrons. The number of aliphatic imine (C=N–C) groups is 1. The lowest BCUT2D eigenvalue weighted by Crippen LogP contribution is -2.46. The van der Waals surface area contributed by atoms with Gasteiger partial charge in [0, 0.05) is 19.6 Å². The topological polar surface area (TPSA) is 57.1 Å². The second-order valence-electron chi connectivity index (χ2n) is 6.44. The molecular formula is C17H34IN3O2. The highest BCUT2D eigenvalue weighted by atomic mass is 127. The van der Waals surface area contributed by atoms with E-state index in [1.807, 2.05) is 0 Å². The zero-order valence-electron chi connectivity index (χ0n) is 14.5. The van der Waals surface area contributed by atoms with Crippen LogP contribution in [0.25, 0.3) is 0 Å². The molecule has 0 aromatic heterocycles. The number of nitrogens with zero attached hydrogens (tertiary/aromatic N) is 2. The van der Waals surface area contributed by atoms with Gasteiger partial charge >= 0.3 is 0 Å². The maximum Gasteiger partial charge on any atom is 0.193 e. The van der Waals surface area contributed by atoms with Crippen molar-refractivity contribution in [2.75, 3.05) is 32.8 Å². The number of ether oxygens (including phenoxy) is 1. The Morgan fingerprint density at radius 2 is 1.78 bits per heavy atom. The molecule has 2 rings (SSSR count). The Bertz CT molecular complexity index is 326. The maximum atomic E-state index is 9.61. The van der Waals surface area contributed by atoms with Crippen molar-refractivity contribution in [1.29, 1.82) is 0 Å². The molecule has 0 bridgehead atoms. The number of piperidine rings is 1. The number of hydrogen-bond acceptors (Lipinski definition) is 3. The first-order valence-corrected chi connectivity index (χ1v) is 9.12. The molecule has 2 aliphatic rings. The summed E-state index contributed by atoms with van der Waals surface area (Å²) in [5.74, 6) is 0.971. The third-order valence-corrected chi connectivity index (χ3v) is 4.61. The number of halogens is 1. The number of aliphatic hydroxyl groups excluding tert-OH is 1. The number of guanidine groups is 1. The van der Waals surface area contributed by atoms with Crippen LogP contribution in [0.1, 0.15) is 58.3 Å². The van der Waals surface area contributed by atoms with Gasteiger partial charge in [0.2, 0.25) is 0 Å². The number of aliphatic hydroxyl groups is 1. The maximum absolute atomic E-state index is 9.61. The van der Waals surface area contributed by atoms with Crippen LogP contribution in [0.4, 0.5) is 0 Å². The zero-order chi connectivity index (χ0) is 15.6. The van der Waals surface area contributed by atoms with Gasteiger partial charge in [-0.3, -0.25) is 4.99 Å². The van der Waals surface area contributed by atoms with Gasteiger partial charge in [-0.15, -0.1) is 24.0 Å². The van der Waals surface area contributed by atoms with Crippen LogP contribution in [0.3, 0.4) is 0 Å². The summed E-state index contributed by atoms with van der Waals surface area (Å²) in [4.78, 5) is 6.95. The first-order valence-electron chi connectivity index (χ1n) is 9.12. The van der Waals surface area contributed by atoms with E-state index in [-0.39, 0.29) is 30.1 Å². The van der Waals surface area contributed by atoms with Gasteiger partial charge in [-0.2, -0.15) is 0 Å². The molecule has 1 aliphatic carbocycles. The van der Waals surface area contributed by atoms with Gasteiger partial charge in [0.1, 0.15) is 0 Å². The number of nitrogens with one attached hydrogen (secondary N) is 1. The van der Waals surface area contributed by atoms with Crippen molar-refractivity contribution < 1.29 is 9.84 Å². The minimum Gasteiger partial charge on any atom is -0.393 e. The van der Waals surface area contributed by atoms with Crippen molar-refractivity contribution in [1.82, 2.24) is 10.2 Å². The summed E-state index contributed by atoms with van der Waals surface area (Å²) in [6.45, 7) is 6.18. The average Bonchev–Trinajstić information content (AvgIpc) is 2.80. The summed E-state index contributed by atoms with van der Waals surface area (Å²) >= 11 is 0. The van der Waals surface area contributed by atoms with Gasteiger partial charge in [0.15, 0.2) is 5.96 Å². The molecular weight excluding hydrogens is 405 g/mol. The normalized spacial score (nSPS) is 21.7. The molecule has 0 aromatic carbocycles. The lowest BCUT2D eigenvalue weighted by Gasteiger charge is -2.32. The summed E-state index contributed by atoms with van der Waals surface area (Å²) in [7, 11) is 0. The van der Waals surface area contributed by atoms with Crippen molar-refractivity contribution in [3.05, 3.63) is 0 Å². The van der Waals surface area contributed by atoms with Gasteiger partial charge in [-0.25, -0.2) is 0 Å². The van der Waals surface area contributed by atoms with E-state index in [1.165, 1.54) is 38.5 Å². The van der Waals surface area contributed by atoms with Gasteiger partial charge in [0.25, 0.3) is 0 Å². The van der Waals surface area contributed by atoms with E-state index in [2.05, 4.69) is 17.1 Å². The van der Waals surface area contributed by atoms with E-state index in [1.54, 1.807) is 0 Å². The summed E-state index contributed by atoms with van der Waals surface area (Å²) in [5.41, 5.74) is 0. The SMILES string of the molecule is CCNC(=NCCOC1CCCCCC1)N1CCC(O)CC1.I. The average molecular weight is 439 g/mol. The highest BCUT2D eigenvalue weighted by Gasteiger charge is 2.19. The van der Waals surface area contributed by atoms with E-state index in [0.29, 0.717) is 6.10 Å². The molecule has 2 fully saturated rings. The Morgan fingerprint density at radius 3 is 2.39 bits per heavy atom. The van der Waals surface area contributed by atoms with E-state index >= 15 is 0 Å². The molecule has 1 saturated carbocycles. The van der Waals surface area contributed by atoms with Gasteiger partial charge < -0.3 is 20.1 Å². The molecule has 23 heavy (non-hydrogen) atoms. The first kappa shape index (κ1) is 21.0. The Morgan fingerprint density at radius 1 is 1.13 bits per heavy atom. The van der Waals surface area contributed by atoms with Crippen LogP contribution < -0.4 is 5.32 Å². The molecule has 0 unspecified atom stereocenters. The van der Waals surface area contributed by atoms with Crippen LogP contribution >= 0.6 is 24.0 Å². The number of hydrogen-bond donors (Lipinski definition) is 2. The number of likely N-dealkylation sites (tertiary alicyclic amines) is 1. The van der Waals surface area contributed by atoms with E-state index in [0.717, 1.165) is 51.6 Å². The molecule has 6 heteroatoms. The third kappa shape index (κ3) is 8.03. The Hall–Kier alpha value is -0.0800. The fraction of sp³-hybridized carbons (Fsp3) is 0.941. The molecule has 1 aliphatic heterocycles. The predicted molar refractivity (Wildman–Crippen MR) is 106 cm³/mol. The predicted octanol–water partition coefficient (Wildman–Crippen LogP) is 2.77. The second-order valence-corrected chi connectivity index (χ2v) is 6.44.